The van der Waals surface area contributed by atoms with E-state index in [4.69, 9.17) is 0 Å². The Morgan fingerprint density at radius 1 is 0.800 bits per heavy atom. The van der Waals surface area contributed by atoms with Gasteiger partial charge in [0.2, 0.25) is 23.6 Å². The molecule has 0 saturated carbocycles. The molecule has 0 spiro atoms. The third kappa shape index (κ3) is 4.93. The van der Waals surface area contributed by atoms with Crippen LogP contribution in [-0.2, 0) is 19.2 Å². The minimum atomic E-state index is -0.130. The largest absolute Gasteiger partial charge is 0.296 e. The van der Waals surface area contributed by atoms with Crippen LogP contribution >= 0.6 is 0 Å². The topological polar surface area (TPSA) is 78.0 Å². The molecule has 30 heavy (non-hydrogen) atoms. The smallest absolute Gasteiger partial charge is 0.232 e. The van der Waals surface area contributed by atoms with Gasteiger partial charge >= 0.3 is 0 Å². The van der Waals surface area contributed by atoms with E-state index < -0.39 is 0 Å². The molecule has 7 heteroatoms. The summed E-state index contributed by atoms with van der Waals surface area (Å²) in [6.07, 6.45) is 2.83. The van der Waals surface area contributed by atoms with Gasteiger partial charge in [0.05, 0.1) is 0 Å². The minimum Gasteiger partial charge on any atom is -0.296 e. The molecule has 3 saturated heterocycles. The number of rotatable bonds is 3. The van der Waals surface area contributed by atoms with Crippen molar-refractivity contribution in [3.63, 3.8) is 0 Å². The number of hydrogen-bond acceptors (Lipinski definition) is 5. The molecular weight excluding hydrogens is 382 g/mol. The van der Waals surface area contributed by atoms with Crippen LogP contribution in [0.4, 0.5) is 0 Å². The first-order valence-corrected chi connectivity index (χ1v) is 11.1. The predicted molar refractivity (Wildman–Crippen MR) is 115 cm³/mol. The molecule has 0 aliphatic carbocycles. The Bertz CT molecular complexity index is 697. The fourth-order valence-corrected chi connectivity index (χ4v) is 5.19. The average molecular weight is 422 g/mol. The molecule has 3 fully saturated rings. The summed E-state index contributed by atoms with van der Waals surface area (Å²) in [7, 11) is 2.17. The Balaban J connectivity index is 0.000000269. The van der Waals surface area contributed by atoms with E-state index in [0.29, 0.717) is 31.8 Å². The van der Waals surface area contributed by atoms with Gasteiger partial charge in [-0.15, -0.1) is 0 Å². The van der Waals surface area contributed by atoms with Crippen molar-refractivity contribution >= 4 is 23.6 Å². The third-order valence-electron chi connectivity index (χ3n) is 7.09. The van der Waals surface area contributed by atoms with Gasteiger partial charge < -0.3 is 0 Å². The van der Waals surface area contributed by atoms with Crippen molar-refractivity contribution in [3.8, 4) is 0 Å². The number of carbonyl (C=O) groups is 4. The average Bonchev–Trinajstić information content (AvgIpc) is 3.01. The molecule has 2 atom stereocenters. The van der Waals surface area contributed by atoms with Gasteiger partial charge in [0.25, 0.3) is 0 Å². The lowest BCUT2D eigenvalue weighted by Gasteiger charge is -2.54. The molecule has 0 radical (unpaired) electrons. The fourth-order valence-electron chi connectivity index (χ4n) is 5.19. The molecule has 3 rings (SSSR count). The summed E-state index contributed by atoms with van der Waals surface area (Å²) in [6.45, 7) is 15.6. The molecule has 0 aromatic rings. The molecule has 0 aromatic heterocycles. The number of imide groups is 2. The first-order valence-electron chi connectivity index (χ1n) is 11.1. The second-order valence-electron chi connectivity index (χ2n) is 10.5. The molecule has 7 nitrogen and oxygen atoms in total. The first-order chi connectivity index (χ1) is 13.7. The van der Waals surface area contributed by atoms with Crippen molar-refractivity contribution < 1.29 is 19.2 Å². The van der Waals surface area contributed by atoms with E-state index in [1.54, 1.807) is 6.92 Å². The van der Waals surface area contributed by atoms with Crippen molar-refractivity contribution in [1.29, 1.82) is 0 Å². The summed E-state index contributed by atoms with van der Waals surface area (Å²) in [5.41, 5.74) is 0.202. The zero-order chi connectivity index (χ0) is 23.0. The van der Waals surface area contributed by atoms with E-state index in [2.05, 4.69) is 39.6 Å². The highest BCUT2D eigenvalue weighted by Gasteiger charge is 2.45. The molecule has 0 aromatic carbocycles. The summed E-state index contributed by atoms with van der Waals surface area (Å²) in [5, 5.41) is 0. The summed E-state index contributed by atoms with van der Waals surface area (Å²) >= 11 is 0. The summed E-state index contributed by atoms with van der Waals surface area (Å²) in [5.74, 6) is 0.158. The fraction of sp³-hybridized carbons (Fsp3) is 0.826. The second-order valence-corrected chi connectivity index (χ2v) is 10.5. The molecule has 0 N–H and O–H groups in total. The third-order valence-corrected chi connectivity index (χ3v) is 7.09. The summed E-state index contributed by atoms with van der Waals surface area (Å²) in [6, 6.07) is 0. The lowest BCUT2D eigenvalue weighted by atomic mass is 9.74. The highest BCUT2D eigenvalue weighted by Crippen LogP contribution is 2.40. The number of hydrogen-bond donors (Lipinski definition) is 0. The van der Waals surface area contributed by atoms with Gasteiger partial charge in [-0.05, 0) is 60.4 Å². The standard InChI is InChI=1S/C16H28N2O2.C7H11NO2/c1-11-7-13(19)18(14(11)20)10-12-8-15(2,3)17(6)16(4,5)9-12;1-3-8-6(9)4-5(2)7(8)10/h11-12H,7-10H2,1-6H3;5H,3-4H2,1-2H3. The minimum absolute atomic E-state index is 0.0111. The molecule has 2 unspecified atom stereocenters. The highest BCUT2D eigenvalue weighted by molar-refractivity contribution is 6.03. The van der Waals surface area contributed by atoms with Crippen molar-refractivity contribution in [1.82, 2.24) is 14.7 Å². The van der Waals surface area contributed by atoms with E-state index in [-0.39, 0.29) is 46.5 Å². The van der Waals surface area contributed by atoms with Gasteiger partial charge in [-0.25, -0.2) is 0 Å². The summed E-state index contributed by atoms with van der Waals surface area (Å²) in [4.78, 5) is 51.2. The van der Waals surface area contributed by atoms with Crippen LogP contribution in [0.25, 0.3) is 0 Å². The van der Waals surface area contributed by atoms with Crippen molar-refractivity contribution in [3.05, 3.63) is 0 Å². The van der Waals surface area contributed by atoms with Gasteiger partial charge in [0.15, 0.2) is 0 Å². The zero-order valence-electron chi connectivity index (χ0n) is 19.9. The van der Waals surface area contributed by atoms with Crippen molar-refractivity contribution in [2.24, 2.45) is 17.8 Å². The van der Waals surface area contributed by atoms with Crippen LogP contribution in [0.1, 0.15) is 74.1 Å². The quantitative estimate of drug-likeness (QED) is 0.655. The molecule has 0 bridgehead atoms. The van der Waals surface area contributed by atoms with E-state index in [9.17, 15) is 19.2 Å². The lowest BCUT2D eigenvalue weighted by Crippen LogP contribution is -2.59. The van der Waals surface area contributed by atoms with E-state index in [0.717, 1.165) is 12.8 Å². The maximum atomic E-state index is 12.1. The molecule has 4 amide bonds. The molecule has 3 heterocycles. The number of amides is 4. The maximum Gasteiger partial charge on any atom is 0.232 e. The predicted octanol–water partition coefficient (Wildman–Crippen LogP) is 2.68. The second kappa shape index (κ2) is 8.77. The van der Waals surface area contributed by atoms with Crippen LogP contribution < -0.4 is 0 Å². The van der Waals surface area contributed by atoms with E-state index >= 15 is 0 Å². The van der Waals surface area contributed by atoms with Crippen molar-refractivity contribution in [2.45, 2.75) is 85.2 Å². The van der Waals surface area contributed by atoms with Crippen LogP contribution in [-0.4, -0.2) is 69.5 Å². The lowest BCUT2D eigenvalue weighted by molar-refractivity contribution is -0.142. The molecule has 3 aliphatic rings. The number of nitrogens with zero attached hydrogens (tertiary/aromatic N) is 3. The monoisotopic (exact) mass is 421 g/mol. The normalized spacial score (nSPS) is 29.5. The van der Waals surface area contributed by atoms with Crippen LogP contribution in [0.2, 0.25) is 0 Å². The van der Waals surface area contributed by atoms with E-state index in [1.807, 2.05) is 13.8 Å². The van der Waals surface area contributed by atoms with Crippen LogP contribution in [0.5, 0.6) is 0 Å². The number of likely N-dealkylation sites (tertiary alicyclic amines) is 3. The maximum absolute atomic E-state index is 12.1. The Morgan fingerprint density at radius 3 is 1.50 bits per heavy atom. The SMILES string of the molecule is CC1CC(=O)N(CC2CC(C)(C)N(C)C(C)(C)C2)C1=O.CCN1C(=O)CC(C)C1=O. The van der Waals surface area contributed by atoms with Crippen LogP contribution in [0.3, 0.4) is 0 Å². The Kier molecular flexibility index (Phi) is 7.17. The molecular formula is C23H39N3O4. The zero-order valence-corrected chi connectivity index (χ0v) is 19.9. The summed E-state index contributed by atoms with van der Waals surface area (Å²) < 4.78 is 0. The first kappa shape index (κ1) is 24.5. The van der Waals surface area contributed by atoms with Gasteiger partial charge in [0, 0.05) is 48.8 Å². The van der Waals surface area contributed by atoms with E-state index in [1.165, 1.54) is 9.80 Å². The van der Waals surface area contributed by atoms with Crippen LogP contribution in [0.15, 0.2) is 0 Å². The number of carbonyl (C=O) groups excluding carboxylic acids is 4. The number of piperidine rings is 1. The van der Waals surface area contributed by atoms with Crippen molar-refractivity contribution in [2.75, 3.05) is 20.1 Å². The molecule has 3 aliphatic heterocycles. The Morgan fingerprint density at radius 2 is 1.20 bits per heavy atom. The highest BCUT2D eigenvalue weighted by atomic mass is 16.2. The Hall–Kier alpha value is -1.76. The van der Waals surface area contributed by atoms with Gasteiger partial charge in [0.1, 0.15) is 0 Å². The van der Waals surface area contributed by atoms with Gasteiger partial charge in [-0.2, -0.15) is 0 Å². The van der Waals surface area contributed by atoms with Gasteiger partial charge in [-0.1, -0.05) is 13.8 Å². The molecule has 170 valence electrons. The Labute approximate surface area is 181 Å². The van der Waals surface area contributed by atoms with Crippen LogP contribution in [0, 0.1) is 17.8 Å². The van der Waals surface area contributed by atoms with Gasteiger partial charge in [-0.3, -0.25) is 33.9 Å².